The summed E-state index contributed by atoms with van der Waals surface area (Å²) in [6.45, 7) is 0.714. The fourth-order valence-corrected chi connectivity index (χ4v) is 2.89. The van der Waals surface area contributed by atoms with E-state index in [1.807, 2.05) is 0 Å². The summed E-state index contributed by atoms with van der Waals surface area (Å²) >= 11 is 5.78. The molecule has 2 amide bonds. The van der Waals surface area contributed by atoms with Gasteiger partial charge in [0, 0.05) is 29.6 Å². The van der Waals surface area contributed by atoms with E-state index in [2.05, 4.69) is 10.6 Å². The van der Waals surface area contributed by atoms with Crippen LogP contribution in [0.3, 0.4) is 0 Å². The zero-order valence-corrected chi connectivity index (χ0v) is 14.2. The maximum atomic E-state index is 12.9. The third kappa shape index (κ3) is 4.57. The molecule has 3 rings (SSSR count). The predicted molar refractivity (Wildman–Crippen MR) is 94.0 cm³/mol. The molecule has 2 atom stereocenters. The van der Waals surface area contributed by atoms with Crippen LogP contribution in [-0.2, 0) is 4.79 Å². The van der Waals surface area contributed by atoms with Crippen molar-refractivity contribution >= 4 is 23.4 Å². The molecule has 0 aliphatic heterocycles. The second kappa shape index (κ2) is 7.66. The number of hydrogen-bond acceptors (Lipinski definition) is 2. The van der Waals surface area contributed by atoms with E-state index in [0.29, 0.717) is 23.7 Å². The number of amides is 2. The zero-order valence-electron chi connectivity index (χ0n) is 13.5. The van der Waals surface area contributed by atoms with Gasteiger partial charge in [-0.1, -0.05) is 23.7 Å². The van der Waals surface area contributed by atoms with Crippen LogP contribution in [0.1, 0.15) is 28.3 Å². The number of nitrogens with one attached hydrogen (secondary N) is 2. The Labute approximate surface area is 150 Å². The van der Waals surface area contributed by atoms with Gasteiger partial charge in [0.05, 0.1) is 0 Å². The molecule has 2 unspecified atom stereocenters. The highest BCUT2D eigenvalue weighted by molar-refractivity contribution is 6.30. The Morgan fingerprint density at radius 3 is 2.32 bits per heavy atom. The van der Waals surface area contributed by atoms with Crippen LogP contribution in [0.25, 0.3) is 0 Å². The number of carbonyl (C=O) groups is 2. The lowest BCUT2D eigenvalue weighted by Crippen LogP contribution is -2.35. The van der Waals surface area contributed by atoms with E-state index >= 15 is 0 Å². The maximum absolute atomic E-state index is 12.9. The highest BCUT2D eigenvalue weighted by Crippen LogP contribution is 2.47. The molecule has 6 heteroatoms. The molecule has 0 saturated heterocycles. The summed E-state index contributed by atoms with van der Waals surface area (Å²) in [5.74, 6) is -0.430. The summed E-state index contributed by atoms with van der Waals surface area (Å²) in [5.41, 5.74) is 1.51. The number of carbonyl (C=O) groups excluding carboxylic acids is 2. The van der Waals surface area contributed by atoms with E-state index in [-0.39, 0.29) is 29.5 Å². The van der Waals surface area contributed by atoms with Gasteiger partial charge in [-0.3, -0.25) is 9.59 Å². The predicted octanol–water partition coefficient (Wildman–Crippen LogP) is 3.13. The van der Waals surface area contributed by atoms with Crippen molar-refractivity contribution in [3.63, 3.8) is 0 Å². The summed E-state index contributed by atoms with van der Waals surface area (Å²) in [5, 5.41) is 6.14. The molecule has 2 aromatic rings. The van der Waals surface area contributed by atoms with E-state index in [0.717, 1.165) is 12.0 Å². The minimum absolute atomic E-state index is 0.0323. The first-order valence-corrected chi connectivity index (χ1v) is 8.49. The molecule has 1 aliphatic rings. The third-order valence-corrected chi connectivity index (χ3v) is 4.49. The second-order valence-electron chi connectivity index (χ2n) is 6.05. The molecule has 0 radical (unpaired) electrons. The Morgan fingerprint density at radius 1 is 1.00 bits per heavy atom. The molecule has 1 fully saturated rings. The van der Waals surface area contributed by atoms with E-state index in [1.165, 1.54) is 12.1 Å². The molecule has 0 bridgehead atoms. The Kier molecular flexibility index (Phi) is 5.34. The fourth-order valence-electron chi connectivity index (χ4n) is 2.76. The quantitative estimate of drug-likeness (QED) is 0.777. The fraction of sp³-hybridized carbons (Fsp3) is 0.263. The van der Waals surface area contributed by atoms with Crippen LogP contribution >= 0.6 is 11.6 Å². The molecular formula is C19H18ClFN2O2. The minimum Gasteiger partial charge on any atom is -0.354 e. The van der Waals surface area contributed by atoms with Crippen LogP contribution in [0.2, 0.25) is 5.02 Å². The van der Waals surface area contributed by atoms with E-state index in [4.69, 9.17) is 11.6 Å². The Morgan fingerprint density at radius 2 is 1.64 bits per heavy atom. The van der Waals surface area contributed by atoms with Gasteiger partial charge in [0.2, 0.25) is 5.91 Å². The summed E-state index contributed by atoms with van der Waals surface area (Å²) < 4.78 is 12.9. The number of benzene rings is 2. The molecule has 0 spiro atoms. The number of halogens is 2. The van der Waals surface area contributed by atoms with Gasteiger partial charge in [-0.15, -0.1) is 0 Å². The highest BCUT2D eigenvalue weighted by atomic mass is 35.5. The molecule has 1 saturated carbocycles. The maximum Gasteiger partial charge on any atom is 0.251 e. The molecule has 4 nitrogen and oxygen atoms in total. The van der Waals surface area contributed by atoms with Crippen molar-refractivity contribution in [1.29, 1.82) is 0 Å². The minimum atomic E-state index is -0.276. The van der Waals surface area contributed by atoms with Gasteiger partial charge in [0.1, 0.15) is 5.82 Å². The lowest BCUT2D eigenvalue weighted by atomic mass is 10.1. The number of hydrogen-bond donors (Lipinski definition) is 2. The highest BCUT2D eigenvalue weighted by Gasteiger charge is 2.43. The van der Waals surface area contributed by atoms with Gasteiger partial charge < -0.3 is 10.6 Å². The first kappa shape index (κ1) is 17.4. The molecule has 2 aromatic carbocycles. The van der Waals surface area contributed by atoms with Gasteiger partial charge in [-0.2, -0.15) is 0 Å². The van der Waals surface area contributed by atoms with Crippen LogP contribution in [0, 0.1) is 11.7 Å². The molecular weight excluding hydrogens is 343 g/mol. The zero-order chi connectivity index (χ0) is 17.8. The van der Waals surface area contributed by atoms with Crippen molar-refractivity contribution in [3.05, 3.63) is 70.5 Å². The molecule has 0 aromatic heterocycles. The normalized spacial score (nSPS) is 18.5. The van der Waals surface area contributed by atoms with Crippen LogP contribution in [-0.4, -0.2) is 24.9 Å². The first-order valence-electron chi connectivity index (χ1n) is 8.11. The van der Waals surface area contributed by atoms with Gasteiger partial charge in [-0.25, -0.2) is 4.39 Å². The van der Waals surface area contributed by atoms with Crippen molar-refractivity contribution < 1.29 is 14.0 Å². The van der Waals surface area contributed by atoms with Crippen molar-refractivity contribution in [2.24, 2.45) is 5.92 Å². The topological polar surface area (TPSA) is 58.2 Å². The lowest BCUT2D eigenvalue weighted by molar-refractivity contribution is -0.122. The standard InChI is InChI=1S/C19H18ClFN2O2/c20-14-5-1-13(2-6-14)18(24)22-9-10-23-19(25)17-11-16(17)12-3-7-15(21)8-4-12/h1-8,16-17H,9-11H2,(H,22,24)(H,23,25). The first-order chi connectivity index (χ1) is 12.0. The van der Waals surface area contributed by atoms with Crippen LogP contribution in [0.5, 0.6) is 0 Å². The van der Waals surface area contributed by atoms with Gasteiger partial charge in [0.15, 0.2) is 0 Å². The Bertz CT molecular complexity index is 762. The number of rotatable bonds is 6. The van der Waals surface area contributed by atoms with E-state index < -0.39 is 0 Å². The molecule has 130 valence electrons. The third-order valence-electron chi connectivity index (χ3n) is 4.24. The van der Waals surface area contributed by atoms with E-state index in [9.17, 15) is 14.0 Å². The average molecular weight is 361 g/mol. The molecule has 0 heterocycles. The van der Waals surface area contributed by atoms with Crippen molar-refractivity contribution in [3.8, 4) is 0 Å². The van der Waals surface area contributed by atoms with Gasteiger partial charge >= 0.3 is 0 Å². The Hall–Kier alpha value is -2.40. The average Bonchev–Trinajstić information content (AvgIpc) is 3.40. The molecule has 2 N–H and O–H groups in total. The van der Waals surface area contributed by atoms with Gasteiger partial charge in [-0.05, 0) is 54.3 Å². The van der Waals surface area contributed by atoms with Crippen molar-refractivity contribution in [1.82, 2.24) is 10.6 Å². The van der Waals surface area contributed by atoms with Crippen LogP contribution in [0.15, 0.2) is 48.5 Å². The molecule has 25 heavy (non-hydrogen) atoms. The van der Waals surface area contributed by atoms with Crippen molar-refractivity contribution in [2.45, 2.75) is 12.3 Å². The monoisotopic (exact) mass is 360 g/mol. The lowest BCUT2D eigenvalue weighted by Gasteiger charge is -2.07. The summed E-state index contributed by atoms with van der Waals surface area (Å²) in [6.07, 6.45) is 0.772. The Balaban J connectivity index is 1.38. The summed E-state index contributed by atoms with van der Waals surface area (Å²) in [6, 6.07) is 12.9. The van der Waals surface area contributed by atoms with E-state index in [1.54, 1.807) is 36.4 Å². The van der Waals surface area contributed by atoms with Gasteiger partial charge in [0.25, 0.3) is 5.91 Å². The molecule has 1 aliphatic carbocycles. The van der Waals surface area contributed by atoms with Crippen LogP contribution < -0.4 is 10.6 Å². The smallest absolute Gasteiger partial charge is 0.251 e. The largest absolute Gasteiger partial charge is 0.354 e. The summed E-state index contributed by atoms with van der Waals surface area (Å²) in [7, 11) is 0. The van der Waals surface area contributed by atoms with Crippen molar-refractivity contribution in [2.75, 3.05) is 13.1 Å². The summed E-state index contributed by atoms with van der Waals surface area (Å²) in [4.78, 5) is 24.0. The van der Waals surface area contributed by atoms with Crippen LogP contribution in [0.4, 0.5) is 4.39 Å². The second-order valence-corrected chi connectivity index (χ2v) is 6.49. The SMILES string of the molecule is O=C(NCCNC(=O)C1CC1c1ccc(F)cc1)c1ccc(Cl)cc1.